The maximum atomic E-state index is 12.5. The number of hydrogen-bond acceptors (Lipinski definition) is 3. The number of benzene rings is 1. The lowest BCUT2D eigenvalue weighted by molar-refractivity contribution is -0.126. The number of amides is 3. The molecule has 7 heteroatoms. The third-order valence-electron chi connectivity index (χ3n) is 4.40. The van der Waals surface area contributed by atoms with E-state index in [1.807, 2.05) is 49.3 Å². The number of rotatable bonds is 6. The molecule has 1 aromatic rings. The number of likely N-dealkylation sites (tertiary alicyclic amines) is 1. The van der Waals surface area contributed by atoms with Crippen molar-refractivity contribution in [1.29, 1.82) is 0 Å². The summed E-state index contributed by atoms with van der Waals surface area (Å²) < 4.78 is 0. The van der Waals surface area contributed by atoms with Crippen molar-refractivity contribution in [2.75, 3.05) is 40.3 Å². The van der Waals surface area contributed by atoms with Gasteiger partial charge in [-0.25, -0.2) is 4.79 Å². The van der Waals surface area contributed by atoms with Crippen molar-refractivity contribution in [2.24, 2.45) is 5.92 Å². The first-order chi connectivity index (χ1) is 11.6. The van der Waals surface area contributed by atoms with Gasteiger partial charge in [-0.2, -0.15) is 0 Å². The molecular weight excluding hydrogens is 340 g/mol. The summed E-state index contributed by atoms with van der Waals surface area (Å²) in [5, 5.41) is 5.94. The van der Waals surface area contributed by atoms with Crippen molar-refractivity contribution in [3.8, 4) is 0 Å². The Hall–Kier alpha value is -1.79. The van der Waals surface area contributed by atoms with Gasteiger partial charge in [0.1, 0.15) is 0 Å². The molecule has 25 heavy (non-hydrogen) atoms. The molecule has 0 spiro atoms. The molecule has 140 valence electrons. The Morgan fingerprint density at radius 2 is 1.80 bits per heavy atom. The topological polar surface area (TPSA) is 64.7 Å². The van der Waals surface area contributed by atoms with E-state index in [0.717, 1.165) is 24.9 Å². The zero-order valence-electron chi connectivity index (χ0n) is 15.0. The molecule has 2 rings (SSSR count). The molecule has 0 radical (unpaired) electrons. The molecule has 1 aromatic carbocycles. The monoisotopic (exact) mass is 368 g/mol. The van der Waals surface area contributed by atoms with Crippen molar-refractivity contribution in [3.05, 3.63) is 35.9 Å². The van der Waals surface area contributed by atoms with Crippen LogP contribution >= 0.6 is 12.4 Å². The highest BCUT2D eigenvalue weighted by Crippen LogP contribution is 2.18. The summed E-state index contributed by atoms with van der Waals surface area (Å²) in [7, 11) is 3.69. The minimum Gasteiger partial charge on any atom is -0.355 e. The summed E-state index contributed by atoms with van der Waals surface area (Å²) >= 11 is 0. The average molecular weight is 369 g/mol. The van der Waals surface area contributed by atoms with E-state index in [4.69, 9.17) is 0 Å². The van der Waals surface area contributed by atoms with Gasteiger partial charge in [0.25, 0.3) is 0 Å². The number of carbonyl (C=O) groups excluding carboxylic acids is 2. The van der Waals surface area contributed by atoms with E-state index < -0.39 is 0 Å². The minimum absolute atomic E-state index is 0. The Bertz CT molecular complexity index is 533. The largest absolute Gasteiger partial charge is 0.355 e. The first kappa shape index (κ1) is 21.3. The van der Waals surface area contributed by atoms with Gasteiger partial charge in [-0.15, -0.1) is 12.4 Å². The number of piperidine rings is 1. The van der Waals surface area contributed by atoms with E-state index in [0.29, 0.717) is 26.2 Å². The number of nitrogens with zero attached hydrogens (tertiary/aromatic N) is 2. The van der Waals surface area contributed by atoms with E-state index in [-0.39, 0.29) is 30.3 Å². The van der Waals surface area contributed by atoms with Crippen LogP contribution < -0.4 is 10.6 Å². The molecule has 1 heterocycles. The maximum absolute atomic E-state index is 12.5. The molecule has 0 aromatic heterocycles. The van der Waals surface area contributed by atoms with Gasteiger partial charge in [-0.05, 0) is 25.5 Å². The number of carbonyl (C=O) groups is 2. The normalized spacial score (nSPS) is 14.6. The van der Waals surface area contributed by atoms with Crippen molar-refractivity contribution in [1.82, 2.24) is 20.4 Å². The summed E-state index contributed by atoms with van der Waals surface area (Å²) in [5.41, 5.74) is 1.12. The minimum atomic E-state index is 0. The second-order valence-corrected chi connectivity index (χ2v) is 6.28. The summed E-state index contributed by atoms with van der Waals surface area (Å²) in [5.74, 6) is 0.125. The first-order valence-electron chi connectivity index (χ1n) is 8.58. The molecule has 1 aliphatic heterocycles. The van der Waals surface area contributed by atoms with Crippen LogP contribution in [0.15, 0.2) is 30.3 Å². The van der Waals surface area contributed by atoms with Crippen molar-refractivity contribution in [3.63, 3.8) is 0 Å². The predicted molar refractivity (Wildman–Crippen MR) is 102 cm³/mol. The third kappa shape index (κ3) is 6.55. The molecule has 0 aliphatic carbocycles. The van der Waals surface area contributed by atoms with Gasteiger partial charge in [-0.3, -0.25) is 4.79 Å². The fourth-order valence-corrected chi connectivity index (χ4v) is 2.95. The highest BCUT2D eigenvalue weighted by atomic mass is 35.5. The zero-order valence-corrected chi connectivity index (χ0v) is 15.8. The van der Waals surface area contributed by atoms with E-state index in [9.17, 15) is 9.59 Å². The molecule has 1 fully saturated rings. The molecule has 0 saturated carbocycles. The molecule has 2 N–H and O–H groups in total. The summed E-state index contributed by atoms with van der Waals surface area (Å²) in [4.78, 5) is 28.2. The number of nitrogens with one attached hydrogen (secondary N) is 2. The van der Waals surface area contributed by atoms with E-state index >= 15 is 0 Å². The van der Waals surface area contributed by atoms with Gasteiger partial charge < -0.3 is 20.4 Å². The molecule has 1 saturated heterocycles. The summed E-state index contributed by atoms with van der Waals surface area (Å²) in [6.07, 6.45) is 1.46. The van der Waals surface area contributed by atoms with Crippen LogP contribution in [0.2, 0.25) is 0 Å². The number of hydrogen-bond donors (Lipinski definition) is 2. The highest BCUT2D eigenvalue weighted by molar-refractivity contribution is 5.85. The maximum Gasteiger partial charge on any atom is 0.320 e. The van der Waals surface area contributed by atoms with Gasteiger partial charge in [0.15, 0.2) is 0 Å². The molecule has 3 amide bonds. The van der Waals surface area contributed by atoms with Gasteiger partial charge in [-0.1, -0.05) is 30.3 Å². The zero-order chi connectivity index (χ0) is 17.4. The molecule has 0 bridgehead atoms. The van der Waals surface area contributed by atoms with Crippen LogP contribution in [0, 0.1) is 5.92 Å². The Labute approximate surface area is 156 Å². The van der Waals surface area contributed by atoms with Gasteiger partial charge in [0.2, 0.25) is 5.91 Å². The van der Waals surface area contributed by atoms with Crippen LogP contribution in [0.1, 0.15) is 18.4 Å². The summed E-state index contributed by atoms with van der Waals surface area (Å²) in [6.45, 7) is 3.30. The first-order valence-corrected chi connectivity index (χ1v) is 8.58. The van der Waals surface area contributed by atoms with Gasteiger partial charge in [0, 0.05) is 45.7 Å². The predicted octanol–water partition coefficient (Wildman–Crippen LogP) is 1.71. The Morgan fingerprint density at radius 3 is 2.40 bits per heavy atom. The second-order valence-electron chi connectivity index (χ2n) is 6.28. The lowest BCUT2D eigenvalue weighted by Crippen LogP contribution is -2.47. The fraction of sp³-hybridized carbons (Fsp3) is 0.556. The Balaban J connectivity index is 0.00000312. The van der Waals surface area contributed by atoms with Crippen molar-refractivity contribution in [2.45, 2.75) is 19.4 Å². The molecule has 6 nitrogen and oxygen atoms in total. The average Bonchev–Trinajstić information content (AvgIpc) is 2.62. The van der Waals surface area contributed by atoms with Crippen LogP contribution in [0.25, 0.3) is 0 Å². The van der Waals surface area contributed by atoms with E-state index in [1.165, 1.54) is 0 Å². The van der Waals surface area contributed by atoms with Crippen LogP contribution in [-0.4, -0.2) is 62.0 Å². The molecular formula is C18H29ClN4O2. The van der Waals surface area contributed by atoms with E-state index in [2.05, 4.69) is 10.6 Å². The Morgan fingerprint density at radius 1 is 1.16 bits per heavy atom. The lowest BCUT2D eigenvalue weighted by Gasteiger charge is -2.34. The van der Waals surface area contributed by atoms with Crippen LogP contribution in [0.5, 0.6) is 0 Å². The van der Waals surface area contributed by atoms with Gasteiger partial charge >= 0.3 is 6.03 Å². The SMILES string of the molecule is CNCCNC(=O)C1CCN(C(=O)N(C)Cc2ccccc2)CC1.Cl. The standard InChI is InChI=1S/C18H28N4O2.ClH/c1-19-10-11-20-17(23)16-8-12-22(13-9-16)18(24)21(2)14-15-6-4-3-5-7-15;/h3-7,16,19H,8-14H2,1-2H3,(H,20,23);1H. The third-order valence-corrected chi connectivity index (χ3v) is 4.40. The number of urea groups is 1. The molecule has 1 aliphatic rings. The number of likely N-dealkylation sites (N-methyl/N-ethyl adjacent to an activating group) is 1. The van der Waals surface area contributed by atoms with E-state index in [1.54, 1.807) is 4.90 Å². The van der Waals surface area contributed by atoms with Crippen LogP contribution in [0.3, 0.4) is 0 Å². The Kier molecular flexibility index (Phi) is 9.31. The van der Waals surface area contributed by atoms with Crippen molar-refractivity contribution < 1.29 is 9.59 Å². The smallest absolute Gasteiger partial charge is 0.320 e. The van der Waals surface area contributed by atoms with Crippen LogP contribution in [0.4, 0.5) is 4.79 Å². The molecule has 0 atom stereocenters. The second kappa shape index (κ2) is 10.9. The highest BCUT2D eigenvalue weighted by Gasteiger charge is 2.28. The van der Waals surface area contributed by atoms with Gasteiger partial charge in [0.05, 0.1) is 0 Å². The van der Waals surface area contributed by atoms with Crippen molar-refractivity contribution >= 4 is 24.3 Å². The quantitative estimate of drug-likeness (QED) is 0.751. The molecule has 0 unspecified atom stereocenters. The summed E-state index contributed by atoms with van der Waals surface area (Å²) in [6, 6.07) is 10.00. The fourth-order valence-electron chi connectivity index (χ4n) is 2.95. The van der Waals surface area contributed by atoms with Crippen LogP contribution in [-0.2, 0) is 11.3 Å². The number of halogens is 1. The lowest BCUT2D eigenvalue weighted by atomic mass is 9.96.